The Morgan fingerprint density at radius 2 is 1.57 bits per heavy atom. The van der Waals surface area contributed by atoms with E-state index in [0.29, 0.717) is 31.7 Å². The summed E-state index contributed by atoms with van der Waals surface area (Å²) < 4.78 is 27.3. The molecule has 4 rings (SSSR count). The predicted octanol–water partition coefficient (Wildman–Crippen LogP) is 2.37. The van der Waals surface area contributed by atoms with E-state index < -0.39 is 10.0 Å². The largest absolute Gasteiger partial charge is 0.295 e. The first-order valence-corrected chi connectivity index (χ1v) is 10.7. The zero-order chi connectivity index (χ0) is 19.7. The topological polar surface area (TPSA) is 71.8 Å². The van der Waals surface area contributed by atoms with Crippen molar-refractivity contribution < 1.29 is 18.2 Å². The third kappa shape index (κ3) is 3.50. The molecule has 7 heteroatoms. The van der Waals surface area contributed by atoms with Gasteiger partial charge in [-0.3, -0.25) is 9.69 Å². The van der Waals surface area contributed by atoms with Crippen molar-refractivity contribution in [1.29, 1.82) is 0 Å². The molecule has 2 heterocycles. The Kier molecular flexibility index (Phi) is 4.87. The number of aromatic nitrogens is 1. The number of nitrogens with one attached hydrogen (secondary N) is 1. The zero-order valence-corrected chi connectivity index (χ0v) is 16.4. The summed E-state index contributed by atoms with van der Waals surface area (Å²) >= 11 is 0. The Balaban J connectivity index is 1.48. The van der Waals surface area contributed by atoms with Gasteiger partial charge in [0.05, 0.1) is 31.1 Å². The normalized spacial score (nSPS) is 15.7. The maximum atomic E-state index is 12.9. The van der Waals surface area contributed by atoms with E-state index >= 15 is 0 Å². The molecule has 0 bridgehead atoms. The highest BCUT2D eigenvalue weighted by molar-refractivity contribution is 7.89. The molecule has 0 atom stereocenters. The van der Waals surface area contributed by atoms with Crippen LogP contribution < -0.4 is 9.88 Å². The molecule has 3 aromatic rings. The van der Waals surface area contributed by atoms with Gasteiger partial charge in [-0.15, -0.1) is 0 Å². The Morgan fingerprint density at radius 1 is 0.893 bits per heavy atom. The molecule has 1 fully saturated rings. The van der Waals surface area contributed by atoms with Crippen molar-refractivity contribution in [3.05, 3.63) is 66.2 Å². The fourth-order valence-corrected chi connectivity index (χ4v) is 4.89. The van der Waals surface area contributed by atoms with Gasteiger partial charge in [0.25, 0.3) is 5.82 Å². The molecule has 0 unspecified atom stereocenters. The van der Waals surface area contributed by atoms with Crippen LogP contribution in [0.3, 0.4) is 0 Å². The van der Waals surface area contributed by atoms with Crippen LogP contribution in [0.5, 0.6) is 0 Å². The van der Waals surface area contributed by atoms with Crippen LogP contribution in [0.4, 0.5) is 5.82 Å². The number of carbonyl (C=O) groups excluding carboxylic acids is 1. The van der Waals surface area contributed by atoms with Gasteiger partial charge in [-0.25, -0.2) is 13.4 Å². The van der Waals surface area contributed by atoms with Gasteiger partial charge >= 0.3 is 0 Å². The minimum Gasteiger partial charge on any atom is -0.295 e. The Hall–Kier alpha value is -2.77. The number of aromatic amines is 1. The standard InChI is InChI=1S/C21H21N3O3S/c1-16(25)17-6-9-19(10-7-17)28(26,27)24-14-12-23(13-15-24)21-11-8-18-4-2-3-5-20(18)22-21/h2-11H,12-15H2,1H3/p+1. The summed E-state index contributed by atoms with van der Waals surface area (Å²) in [7, 11) is -3.56. The number of pyridine rings is 1. The lowest BCUT2D eigenvalue weighted by molar-refractivity contribution is -0.330. The number of carbonyl (C=O) groups is 1. The second kappa shape index (κ2) is 7.33. The van der Waals surface area contributed by atoms with Crippen molar-refractivity contribution in [2.45, 2.75) is 11.8 Å². The fourth-order valence-electron chi connectivity index (χ4n) is 3.47. The summed E-state index contributed by atoms with van der Waals surface area (Å²) in [5.41, 5.74) is 1.57. The van der Waals surface area contributed by atoms with Crippen molar-refractivity contribution in [3.63, 3.8) is 0 Å². The number of para-hydroxylation sites is 1. The summed E-state index contributed by atoms with van der Waals surface area (Å²) in [5, 5.41) is 1.14. The maximum absolute atomic E-state index is 12.9. The lowest BCUT2D eigenvalue weighted by Crippen LogP contribution is -2.49. The smallest absolute Gasteiger partial charge is 0.274 e. The number of benzene rings is 2. The van der Waals surface area contributed by atoms with Crippen LogP contribution in [-0.2, 0) is 10.0 Å². The minimum absolute atomic E-state index is 0.0794. The lowest BCUT2D eigenvalue weighted by atomic mass is 10.2. The first-order valence-electron chi connectivity index (χ1n) is 9.22. The Bertz CT molecular complexity index is 1120. The van der Waals surface area contributed by atoms with Crippen molar-refractivity contribution >= 4 is 32.5 Å². The molecule has 0 saturated carbocycles. The average Bonchev–Trinajstić information content (AvgIpc) is 2.73. The van der Waals surface area contributed by atoms with E-state index in [1.807, 2.05) is 24.3 Å². The Morgan fingerprint density at radius 3 is 2.25 bits per heavy atom. The second-order valence-corrected chi connectivity index (χ2v) is 8.84. The van der Waals surface area contributed by atoms with Crippen LogP contribution in [0.25, 0.3) is 10.9 Å². The summed E-state index contributed by atoms with van der Waals surface area (Å²) in [6, 6.07) is 18.3. The number of Topliss-reactive ketones (excluding diaryl/α,β-unsaturated/α-hetero) is 1. The monoisotopic (exact) mass is 396 g/mol. The van der Waals surface area contributed by atoms with Crippen LogP contribution >= 0.6 is 0 Å². The molecule has 0 radical (unpaired) electrons. The van der Waals surface area contributed by atoms with Crippen molar-refractivity contribution in [2.75, 3.05) is 31.1 Å². The minimum atomic E-state index is -3.56. The highest BCUT2D eigenvalue weighted by Gasteiger charge is 2.31. The number of rotatable bonds is 4. The van der Waals surface area contributed by atoms with Crippen LogP contribution in [0.2, 0.25) is 0 Å². The van der Waals surface area contributed by atoms with E-state index in [2.05, 4.69) is 22.0 Å². The third-order valence-electron chi connectivity index (χ3n) is 5.12. The fraction of sp³-hybridized carbons (Fsp3) is 0.238. The van der Waals surface area contributed by atoms with Gasteiger partial charge in [0.15, 0.2) is 5.78 Å². The molecule has 0 spiro atoms. The highest BCUT2D eigenvalue weighted by Crippen LogP contribution is 2.21. The van der Waals surface area contributed by atoms with E-state index in [1.165, 1.54) is 23.4 Å². The number of fused-ring (bicyclic) bond motifs is 1. The number of H-pyrrole nitrogens is 1. The van der Waals surface area contributed by atoms with Crippen molar-refractivity contribution in [3.8, 4) is 0 Å². The predicted molar refractivity (Wildman–Crippen MR) is 108 cm³/mol. The highest BCUT2D eigenvalue weighted by atomic mass is 32.2. The molecular weight excluding hydrogens is 374 g/mol. The molecule has 0 aliphatic carbocycles. The van der Waals surface area contributed by atoms with Crippen molar-refractivity contribution in [2.24, 2.45) is 0 Å². The molecule has 0 amide bonds. The first-order chi connectivity index (χ1) is 13.4. The van der Waals surface area contributed by atoms with Crippen LogP contribution in [-0.4, -0.2) is 44.7 Å². The molecule has 1 aliphatic rings. The SMILES string of the molecule is CC(=O)c1ccc(S(=O)(=O)N2CCN(c3ccc4ccccc4[nH+]3)CC2)cc1. The summed E-state index contributed by atoms with van der Waals surface area (Å²) in [6.45, 7) is 3.51. The van der Waals surface area contributed by atoms with Gasteiger partial charge in [-0.1, -0.05) is 30.3 Å². The third-order valence-corrected chi connectivity index (χ3v) is 7.04. The van der Waals surface area contributed by atoms with E-state index in [0.717, 1.165) is 16.7 Å². The van der Waals surface area contributed by atoms with Gasteiger partial charge in [0, 0.05) is 17.0 Å². The molecule has 1 aromatic heterocycles. The van der Waals surface area contributed by atoms with Crippen LogP contribution in [0.15, 0.2) is 65.6 Å². The van der Waals surface area contributed by atoms with E-state index in [4.69, 9.17) is 0 Å². The lowest BCUT2D eigenvalue weighted by Gasteiger charge is -2.30. The number of sulfonamides is 1. The second-order valence-electron chi connectivity index (χ2n) is 6.90. The van der Waals surface area contributed by atoms with E-state index in [9.17, 15) is 13.2 Å². The van der Waals surface area contributed by atoms with Crippen LogP contribution in [0, 0.1) is 0 Å². The first kappa shape index (κ1) is 18.6. The summed E-state index contributed by atoms with van der Waals surface area (Å²) in [6.07, 6.45) is 0. The quantitative estimate of drug-likeness (QED) is 0.635. The van der Waals surface area contributed by atoms with Gasteiger partial charge in [-0.2, -0.15) is 4.31 Å². The van der Waals surface area contributed by atoms with E-state index in [1.54, 1.807) is 12.1 Å². The number of hydrogen-bond acceptors (Lipinski definition) is 4. The number of hydrogen-bond donors (Lipinski definition) is 0. The van der Waals surface area contributed by atoms with E-state index in [-0.39, 0.29) is 10.7 Å². The zero-order valence-electron chi connectivity index (χ0n) is 15.6. The molecule has 1 aliphatic heterocycles. The maximum Gasteiger partial charge on any atom is 0.274 e. The molecule has 144 valence electrons. The average molecular weight is 396 g/mol. The summed E-state index contributed by atoms with van der Waals surface area (Å²) in [5.74, 6) is 0.908. The molecular formula is C21H22N3O3S+. The van der Waals surface area contributed by atoms with Gasteiger partial charge in [-0.05, 0) is 31.2 Å². The molecule has 1 N–H and O–H groups in total. The molecule has 1 saturated heterocycles. The number of nitrogens with zero attached hydrogens (tertiary/aromatic N) is 2. The summed E-state index contributed by atoms with van der Waals surface area (Å²) in [4.78, 5) is 17.2. The number of ketones is 1. The van der Waals surface area contributed by atoms with Crippen molar-refractivity contribution in [1.82, 2.24) is 4.31 Å². The van der Waals surface area contributed by atoms with Gasteiger partial charge in [0.2, 0.25) is 10.0 Å². The molecule has 2 aromatic carbocycles. The number of piperazine rings is 1. The Labute approximate surface area is 164 Å². The molecule has 6 nitrogen and oxygen atoms in total. The van der Waals surface area contributed by atoms with Gasteiger partial charge in [0.1, 0.15) is 5.52 Å². The number of anilines is 1. The van der Waals surface area contributed by atoms with Gasteiger partial charge < -0.3 is 0 Å². The molecule has 28 heavy (non-hydrogen) atoms. The van der Waals surface area contributed by atoms with Crippen LogP contribution in [0.1, 0.15) is 17.3 Å².